The van der Waals surface area contributed by atoms with E-state index in [1.54, 1.807) is 6.08 Å². The summed E-state index contributed by atoms with van der Waals surface area (Å²) in [6.07, 6.45) is 7.54. The monoisotopic (exact) mass is 158 g/mol. The molecule has 0 heterocycles. The maximum atomic E-state index is 8.88. The molecular weight excluding hydrogens is 140 g/mol. The molecule has 0 aliphatic carbocycles. The van der Waals surface area contributed by atoms with E-state index in [0.29, 0.717) is 0 Å². The molecular formula is C9H18O2. The molecule has 0 saturated carbocycles. The summed E-state index contributed by atoms with van der Waals surface area (Å²) in [7, 11) is 0. The quantitative estimate of drug-likeness (QED) is 0.454. The van der Waals surface area contributed by atoms with Crippen LogP contribution in [-0.2, 0) is 0 Å². The molecule has 1 atom stereocenters. The van der Waals surface area contributed by atoms with Crippen molar-refractivity contribution in [1.29, 1.82) is 0 Å². The van der Waals surface area contributed by atoms with Gasteiger partial charge in [-0.2, -0.15) is 0 Å². The molecule has 66 valence electrons. The molecule has 0 radical (unpaired) electrons. The van der Waals surface area contributed by atoms with Crippen molar-refractivity contribution in [2.24, 2.45) is 0 Å². The summed E-state index contributed by atoms with van der Waals surface area (Å²) in [5.41, 5.74) is 0. The van der Waals surface area contributed by atoms with Crippen LogP contribution in [0.3, 0.4) is 0 Å². The first-order chi connectivity index (χ1) is 5.31. The van der Waals surface area contributed by atoms with Crippen LogP contribution in [0.1, 0.15) is 32.6 Å². The number of aliphatic hydroxyl groups is 2. The minimum Gasteiger partial charge on any atom is -0.393 e. The topological polar surface area (TPSA) is 40.5 Å². The number of hydrogen-bond donors (Lipinski definition) is 2. The number of hydrogen-bond acceptors (Lipinski definition) is 2. The molecule has 2 nitrogen and oxygen atoms in total. The lowest BCUT2D eigenvalue weighted by Gasteiger charge is -1.97. The van der Waals surface area contributed by atoms with E-state index in [-0.39, 0.29) is 6.61 Å². The van der Waals surface area contributed by atoms with Crippen LogP contribution in [0.25, 0.3) is 0 Å². The van der Waals surface area contributed by atoms with E-state index in [1.165, 1.54) is 19.3 Å². The van der Waals surface area contributed by atoms with E-state index in [2.05, 4.69) is 6.92 Å². The van der Waals surface area contributed by atoms with Crippen LogP contribution in [0.15, 0.2) is 12.2 Å². The van der Waals surface area contributed by atoms with Crippen molar-refractivity contribution in [1.82, 2.24) is 0 Å². The van der Waals surface area contributed by atoms with Gasteiger partial charge in [-0.25, -0.2) is 0 Å². The smallest absolute Gasteiger partial charge is 0.0951 e. The molecule has 11 heavy (non-hydrogen) atoms. The van der Waals surface area contributed by atoms with Gasteiger partial charge in [0.05, 0.1) is 12.7 Å². The highest BCUT2D eigenvalue weighted by atomic mass is 16.3. The number of unbranched alkanes of at least 4 members (excludes halogenated alkanes) is 3. The first kappa shape index (κ1) is 10.7. The zero-order valence-electron chi connectivity index (χ0n) is 7.16. The Bertz CT molecular complexity index is 99.7. The Morgan fingerprint density at radius 3 is 2.64 bits per heavy atom. The van der Waals surface area contributed by atoms with Crippen LogP contribution in [0, 0.1) is 0 Å². The van der Waals surface area contributed by atoms with Crippen molar-refractivity contribution in [3.05, 3.63) is 12.2 Å². The van der Waals surface area contributed by atoms with Gasteiger partial charge in [0.1, 0.15) is 0 Å². The van der Waals surface area contributed by atoms with Crippen LogP contribution < -0.4 is 0 Å². The zero-order valence-corrected chi connectivity index (χ0v) is 7.16. The Morgan fingerprint density at radius 2 is 2.09 bits per heavy atom. The lowest BCUT2D eigenvalue weighted by Crippen LogP contribution is -2.06. The van der Waals surface area contributed by atoms with Gasteiger partial charge in [0, 0.05) is 0 Å². The molecule has 0 aromatic rings. The third kappa shape index (κ3) is 7.56. The fraction of sp³-hybridized carbons (Fsp3) is 0.778. The molecule has 0 aromatic carbocycles. The summed E-state index contributed by atoms with van der Waals surface area (Å²) in [4.78, 5) is 0. The molecule has 2 heteroatoms. The van der Waals surface area contributed by atoms with Crippen LogP contribution in [0.2, 0.25) is 0 Å². The highest BCUT2D eigenvalue weighted by Gasteiger charge is 1.91. The standard InChI is InChI=1S/C9H18O2/c1-2-3-4-5-6-7-9(11)8-10/h6-7,9-11H,2-5,8H2,1H3. The molecule has 0 saturated heterocycles. The Hall–Kier alpha value is -0.340. The van der Waals surface area contributed by atoms with E-state index in [9.17, 15) is 0 Å². The van der Waals surface area contributed by atoms with E-state index in [0.717, 1.165) is 6.42 Å². The predicted molar refractivity (Wildman–Crippen MR) is 46.4 cm³/mol. The average molecular weight is 158 g/mol. The highest BCUT2D eigenvalue weighted by molar-refractivity contribution is 4.87. The molecule has 0 amide bonds. The van der Waals surface area contributed by atoms with Gasteiger partial charge in [0.15, 0.2) is 0 Å². The second kappa shape index (κ2) is 7.76. The maximum absolute atomic E-state index is 8.88. The van der Waals surface area contributed by atoms with Crippen LogP contribution >= 0.6 is 0 Å². The lowest BCUT2D eigenvalue weighted by molar-refractivity contribution is 0.131. The minimum absolute atomic E-state index is 0.176. The Labute approximate surface area is 68.6 Å². The third-order valence-corrected chi connectivity index (χ3v) is 1.52. The number of rotatable bonds is 6. The lowest BCUT2D eigenvalue weighted by atomic mass is 10.2. The average Bonchev–Trinajstić information content (AvgIpc) is 2.04. The second-order valence-electron chi connectivity index (χ2n) is 2.67. The van der Waals surface area contributed by atoms with Crippen molar-refractivity contribution >= 4 is 0 Å². The first-order valence-corrected chi connectivity index (χ1v) is 4.26. The van der Waals surface area contributed by atoms with Gasteiger partial charge in [-0.15, -0.1) is 0 Å². The van der Waals surface area contributed by atoms with Crippen molar-refractivity contribution in [2.75, 3.05) is 6.61 Å². The van der Waals surface area contributed by atoms with Gasteiger partial charge in [-0.3, -0.25) is 0 Å². The van der Waals surface area contributed by atoms with Crippen molar-refractivity contribution in [3.8, 4) is 0 Å². The van der Waals surface area contributed by atoms with Gasteiger partial charge in [-0.1, -0.05) is 31.9 Å². The van der Waals surface area contributed by atoms with Crippen LogP contribution in [0.5, 0.6) is 0 Å². The molecule has 0 spiro atoms. The number of aliphatic hydroxyl groups excluding tert-OH is 2. The molecule has 0 aromatic heterocycles. The summed E-state index contributed by atoms with van der Waals surface area (Å²) >= 11 is 0. The summed E-state index contributed by atoms with van der Waals surface area (Å²) in [6, 6.07) is 0. The maximum Gasteiger partial charge on any atom is 0.0951 e. The van der Waals surface area contributed by atoms with Crippen molar-refractivity contribution in [2.45, 2.75) is 38.7 Å². The largest absolute Gasteiger partial charge is 0.393 e. The summed E-state index contributed by atoms with van der Waals surface area (Å²) in [5, 5.41) is 17.3. The summed E-state index contributed by atoms with van der Waals surface area (Å²) in [6.45, 7) is 1.98. The molecule has 0 aliphatic heterocycles. The van der Waals surface area contributed by atoms with Crippen LogP contribution in [-0.4, -0.2) is 22.9 Å². The summed E-state index contributed by atoms with van der Waals surface area (Å²) in [5.74, 6) is 0. The minimum atomic E-state index is -0.670. The van der Waals surface area contributed by atoms with Crippen molar-refractivity contribution < 1.29 is 10.2 Å². The Kier molecular flexibility index (Phi) is 7.52. The van der Waals surface area contributed by atoms with E-state index >= 15 is 0 Å². The normalized spacial score (nSPS) is 14.1. The SMILES string of the molecule is CCCCCC=CC(O)CO. The van der Waals surface area contributed by atoms with Crippen molar-refractivity contribution in [3.63, 3.8) is 0 Å². The first-order valence-electron chi connectivity index (χ1n) is 4.26. The van der Waals surface area contributed by atoms with Gasteiger partial charge >= 0.3 is 0 Å². The fourth-order valence-electron chi connectivity index (χ4n) is 0.826. The third-order valence-electron chi connectivity index (χ3n) is 1.52. The van der Waals surface area contributed by atoms with Gasteiger partial charge in [0.25, 0.3) is 0 Å². The highest BCUT2D eigenvalue weighted by Crippen LogP contribution is 1.99. The second-order valence-corrected chi connectivity index (χ2v) is 2.67. The molecule has 0 aliphatic rings. The van der Waals surface area contributed by atoms with Gasteiger partial charge in [-0.05, 0) is 12.8 Å². The molecule has 1 unspecified atom stereocenters. The fourth-order valence-corrected chi connectivity index (χ4v) is 0.826. The Balaban J connectivity index is 3.15. The van der Waals surface area contributed by atoms with Crippen LogP contribution in [0.4, 0.5) is 0 Å². The Morgan fingerprint density at radius 1 is 1.36 bits per heavy atom. The van der Waals surface area contributed by atoms with E-state index in [1.807, 2.05) is 6.08 Å². The van der Waals surface area contributed by atoms with Gasteiger partial charge in [0.2, 0.25) is 0 Å². The van der Waals surface area contributed by atoms with E-state index in [4.69, 9.17) is 10.2 Å². The zero-order chi connectivity index (χ0) is 8.53. The molecule has 0 rings (SSSR count). The van der Waals surface area contributed by atoms with Gasteiger partial charge < -0.3 is 10.2 Å². The number of allylic oxidation sites excluding steroid dienone is 1. The van der Waals surface area contributed by atoms with E-state index < -0.39 is 6.10 Å². The summed E-state index contributed by atoms with van der Waals surface area (Å²) < 4.78 is 0. The molecule has 0 bridgehead atoms. The molecule has 2 N–H and O–H groups in total. The molecule has 0 fully saturated rings. The predicted octanol–water partition coefficient (Wildman–Crippen LogP) is 1.48.